The summed E-state index contributed by atoms with van der Waals surface area (Å²) in [5, 5.41) is 3.07. The molecular formula is C25H26FN3O3. The third-order valence-electron chi connectivity index (χ3n) is 5.93. The maximum absolute atomic E-state index is 13.8. The van der Waals surface area contributed by atoms with Gasteiger partial charge in [0, 0.05) is 35.9 Å². The van der Waals surface area contributed by atoms with Gasteiger partial charge in [0.15, 0.2) is 0 Å². The molecule has 2 amide bonds. The first kappa shape index (κ1) is 21.7. The molecule has 1 saturated heterocycles. The number of hydrogen-bond acceptors (Lipinski definition) is 3. The molecule has 3 aromatic rings. The van der Waals surface area contributed by atoms with Gasteiger partial charge in [-0.2, -0.15) is 0 Å². The minimum absolute atomic E-state index is 0.00577. The van der Waals surface area contributed by atoms with Crippen molar-refractivity contribution >= 4 is 34.2 Å². The van der Waals surface area contributed by atoms with Crippen molar-refractivity contribution in [1.29, 1.82) is 0 Å². The van der Waals surface area contributed by atoms with Crippen LogP contribution in [0.25, 0.3) is 10.9 Å². The van der Waals surface area contributed by atoms with Crippen LogP contribution in [0.2, 0.25) is 0 Å². The first-order chi connectivity index (χ1) is 15.4. The lowest BCUT2D eigenvalue weighted by Crippen LogP contribution is -2.34. The lowest BCUT2D eigenvalue weighted by molar-refractivity contribution is -0.131. The molecule has 1 aliphatic heterocycles. The Bertz CT molecular complexity index is 1180. The molecule has 0 saturated carbocycles. The van der Waals surface area contributed by atoms with Gasteiger partial charge in [0.25, 0.3) is 11.7 Å². The van der Waals surface area contributed by atoms with Crippen LogP contribution in [-0.4, -0.2) is 40.2 Å². The van der Waals surface area contributed by atoms with Crippen molar-refractivity contribution < 1.29 is 18.8 Å². The highest BCUT2D eigenvalue weighted by Crippen LogP contribution is 2.23. The Hall–Kier alpha value is -3.48. The van der Waals surface area contributed by atoms with Crippen molar-refractivity contribution in [2.45, 2.75) is 39.2 Å². The fourth-order valence-corrected chi connectivity index (χ4v) is 4.11. The number of likely N-dealkylation sites (tertiary alicyclic amines) is 1. The predicted octanol–water partition coefficient (Wildman–Crippen LogP) is 4.31. The zero-order chi connectivity index (χ0) is 22.7. The number of fused-ring (bicyclic) bond motifs is 1. The molecule has 4 rings (SSSR count). The zero-order valence-corrected chi connectivity index (χ0v) is 18.1. The van der Waals surface area contributed by atoms with Gasteiger partial charge >= 0.3 is 0 Å². The van der Waals surface area contributed by atoms with Crippen LogP contribution in [0, 0.1) is 12.7 Å². The van der Waals surface area contributed by atoms with E-state index in [2.05, 4.69) is 5.32 Å². The number of aromatic nitrogens is 1. The van der Waals surface area contributed by atoms with Crippen molar-refractivity contribution in [3.8, 4) is 0 Å². The summed E-state index contributed by atoms with van der Waals surface area (Å²) in [5.41, 5.74) is 1.60. The largest absolute Gasteiger partial charge is 0.341 e. The number of amides is 2. The normalized spacial score (nSPS) is 14.2. The molecule has 0 aliphatic carbocycles. The molecule has 166 valence electrons. The maximum Gasteiger partial charge on any atom is 0.296 e. The molecule has 32 heavy (non-hydrogen) atoms. The predicted molar refractivity (Wildman–Crippen MR) is 121 cm³/mol. The summed E-state index contributed by atoms with van der Waals surface area (Å²) in [5.74, 6) is -2.04. The first-order valence-electron chi connectivity index (χ1n) is 10.9. The third-order valence-corrected chi connectivity index (χ3v) is 5.93. The zero-order valence-electron chi connectivity index (χ0n) is 18.1. The summed E-state index contributed by atoms with van der Waals surface area (Å²) in [7, 11) is 0. The Balaban J connectivity index is 1.57. The molecular weight excluding hydrogens is 409 g/mol. The highest BCUT2D eigenvalue weighted by atomic mass is 19.1. The van der Waals surface area contributed by atoms with Gasteiger partial charge < -0.3 is 14.8 Å². The van der Waals surface area contributed by atoms with E-state index in [9.17, 15) is 18.8 Å². The van der Waals surface area contributed by atoms with Gasteiger partial charge in [0.2, 0.25) is 5.91 Å². The van der Waals surface area contributed by atoms with Gasteiger partial charge in [-0.25, -0.2) is 4.39 Å². The number of halogens is 1. The fraction of sp³-hybridized carbons (Fsp3) is 0.320. The number of benzene rings is 2. The number of nitrogens with zero attached hydrogens (tertiary/aromatic N) is 2. The molecule has 0 radical (unpaired) electrons. The molecule has 7 heteroatoms. The monoisotopic (exact) mass is 435 g/mol. The maximum atomic E-state index is 13.8. The number of carbonyl (C=O) groups excluding carboxylic acids is 3. The Kier molecular flexibility index (Phi) is 6.35. The topological polar surface area (TPSA) is 71.4 Å². The van der Waals surface area contributed by atoms with Crippen LogP contribution in [0.15, 0.2) is 48.7 Å². The fourth-order valence-electron chi connectivity index (χ4n) is 4.11. The molecule has 0 bridgehead atoms. The van der Waals surface area contributed by atoms with Crippen molar-refractivity contribution in [2.24, 2.45) is 0 Å². The Labute approximate surface area is 186 Å². The Morgan fingerprint density at radius 3 is 2.44 bits per heavy atom. The average molecular weight is 435 g/mol. The molecule has 1 N–H and O–H groups in total. The SMILES string of the molecule is Cc1ccc(NC(=O)C(=O)c2cn(CC(=O)N3CCCCCC3)c3ccccc23)cc1F. The van der Waals surface area contributed by atoms with Gasteiger partial charge in [-0.15, -0.1) is 0 Å². The molecule has 2 aromatic carbocycles. The summed E-state index contributed by atoms with van der Waals surface area (Å²) in [6.45, 7) is 3.23. The molecule has 1 fully saturated rings. The van der Waals surface area contributed by atoms with E-state index in [1.807, 2.05) is 17.0 Å². The summed E-state index contributed by atoms with van der Waals surface area (Å²) in [6, 6.07) is 11.5. The van der Waals surface area contributed by atoms with Crippen molar-refractivity contribution in [2.75, 3.05) is 18.4 Å². The van der Waals surface area contributed by atoms with Gasteiger partial charge in [-0.3, -0.25) is 14.4 Å². The number of rotatable bonds is 5. The van der Waals surface area contributed by atoms with Gasteiger partial charge in [0.05, 0.1) is 5.56 Å². The van der Waals surface area contributed by atoms with E-state index in [1.165, 1.54) is 12.1 Å². The van der Waals surface area contributed by atoms with E-state index in [0.717, 1.165) is 38.8 Å². The summed E-state index contributed by atoms with van der Waals surface area (Å²) >= 11 is 0. The third kappa shape index (κ3) is 4.56. The van der Waals surface area contributed by atoms with Gasteiger partial charge in [-0.1, -0.05) is 37.1 Å². The number of hydrogen-bond donors (Lipinski definition) is 1. The first-order valence-corrected chi connectivity index (χ1v) is 10.9. The van der Waals surface area contributed by atoms with Gasteiger partial charge in [-0.05, 0) is 43.5 Å². The Morgan fingerprint density at radius 2 is 1.72 bits per heavy atom. The van der Waals surface area contributed by atoms with E-state index < -0.39 is 17.5 Å². The summed E-state index contributed by atoms with van der Waals surface area (Å²) in [6.07, 6.45) is 5.84. The van der Waals surface area contributed by atoms with Crippen LogP contribution in [0.3, 0.4) is 0 Å². The van der Waals surface area contributed by atoms with Crippen molar-refractivity contribution in [3.05, 3.63) is 65.6 Å². The van der Waals surface area contributed by atoms with E-state index in [1.54, 1.807) is 35.9 Å². The molecule has 6 nitrogen and oxygen atoms in total. The quantitative estimate of drug-likeness (QED) is 0.479. The minimum atomic E-state index is -0.852. The lowest BCUT2D eigenvalue weighted by atomic mass is 10.1. The number of anilines is 1. The van der Waals surface area contributed by atoms with E-state index in [4.69, 9.17) is 0 Å². The lowest BCUT2D eigenvalue weighted by Gasteiger charge is -2.20. The number of carbonyl (C=O) groups is 3. The van der Waals surface area contributed by atoms with Crippen molar-refractivity contribution in [3.63, 3.8) is 0 Å². The summed E-state index contributed by atoms with van der Waals surface area (Å²) < 4.78 is 15.5. The number of nitrogens with one attached hydrogen (secondary N) is 1. The second-order valence-corrected chi connectivity index (χ2v) is 8.23. The molecule has 2 heterocycles. The second-order valence-electron chi connectivity index (χ2n) is 8.23. The Morgan fingerprint density at radius 1 is 1.00 bits per heavy atom. The average Bonchev–Trinajstić information content (AvgIpc) is 2.95. The van der Waals surface area contributed by atoms with E-state index >= 15 is 0 Å². The minimum Gasteiger partial charge on any atom is -0.341 e. The number of para-hydroxylation sites is 1. The molecule has 0 atom stereocenters. The van der Waals surface area contributed by atoms with Crippen LogP contribution in [0.5, 0.6) is 0 Å². The van der Waals surface area contributed by atoms with Crippen LogP contribution in [0.4, 0.5) is 10.1 Å². The van der Waals surface area contributed by atoms with Crippen LogP contribution < -0.4 is 5.32 Å². The van der Waals surface area contributed by atoms with Crippen LogP contribution in [0.1, 0.15) is 41.6 Å². The van der Waals surface area contributed by atoms with Crippen molar-refractivity contribution in [1.82, 2.24) is 9.47 Å². The standard InChI is InChI=1S/C25H26FN3O3/c1-17-10-11-18(14-21(17)26)27-25(32)24(31)20-15-29(22-9-5-4-8-19(20)22)16-23(30)28-12-6-2-3-7-13-28/h4-5,8-11,14-15H,2-3,6-7,12-13,16H2,1H3,(H,27,32). The van der Waals surface area contributed by atoms with E-state index in [-0.39, 0.29) is 23.7 Å². The second kappa shape index (κ2) is 9.34. The molecule has 1 aromatic heterocycles. The van der Waals surface area contributed by atoms with Crippen LogP contribution in [-0.2, 0) is 16.1 Å². The van der Waals surface area contributed by atoms with Gasteiger partial charge in [0.1, 0.15) is 12.4 Å². The van der Waals surface area contributed by atoms with Crippen LogP contribution >= 0.6 is 0 Å². The number of ketones is 1. The van der Waals surface area contributed by atoms with E-state index in [0.29, 0.717) is 16.5 Å². The highest BCUT2D eigenvalue weighted by Gasteiger charge is 2.23. The molecule has 0 spiro atoms. The highest BCUT2D eigenvalue weighted by molar-refractivity contribution is 6.48. The smallest absolute Gasteiger partial charge is 0.296 e. The summed E-state index contributed by atoms with van der Waals surface area (Å²) in [4.78, 5) is 40.3. The molecule has 1 aliphatic rings. The molecule has 0 unspecified atom stereocenters. The number of aryl methyl sites for hydroxylation is 1. The number of Topliss-reactive ketones (excluding diaryl/α,β-unsaturated/α-hetero) is 1.